The van der Waals surface area contributed by atoms with Crippen molar-refractivity contribution in [2.75, 3.05) is 31.6 Å². The summed E-state index contributed by atoms with van der Waals surface area (Å²) in [6.07, 6.45) is 3.44. The van der Waals surface area contributed by atoms with Crippen molar-refractivity contribution in [2.24, 2.45) is 0 Å². The van der Waals surface area contributed by atoms with Crippen molar-refractivity contribution in [1.29, 1.82) is 0 Å². The molecule has 0 radical (unpaired) electrons. The molecule has 3 aliphatic heterocycles. The second-order valence-electron chi connectivity index (χ2n) is 15.5. The average molecular weight is 851 g/mol. The van der Waals surface area contributed by atoms with E-state index in [0.29, 0.717) is 47.7 Å². The first-order chi connectivity index (χ1) is 28.7. The van der Waals surface area contributed by atoms with Gasteiger partial charge in [-0.1, -0.05) is 48.5 Å². The molecule has 3 heterocycles. The van der Waals surface area contributed by atoms with Crippen LogP contribution in [0.5, 0.6) is 11.5 Å². The number of hydrogen-bond donors (Lipinski definition) is 3. The molecule has 1 amide bonds. The van der Waals surface area contributed by atoms with Crippen molar-refractivity contribution in [3.63, 3.8) is 0 Å². The molecular formula is C45H44N3O10S2+. The lowest BCUT2D eigenvalue weighted by molar-refractivity contribution is -0.137. The van der Waals surface area contributed by atoms with Gasteiger partial charge in [-0.2, -0.15) is 16.8 Å². The fourth-order valence-corrected chi connectivity index (χ4v) is 9.76. The lowest BCUT2D eigenvalue weighted by Gasteiger charge is -2.34. The van der Waals surface area contributed by atoms with Gasteiger partial charge in [-0.3, -0.25) is 18.7 Å². The number of carboxylic acids is 1. The van der Waals surface area contributed by atoms with E-state index >= 15 is 0 Å². The van der Waals surface area contributed by atoms with E-state index in [1.54, 1.807) is 48.3 Å². The molecule has 15 heteroatoms. The topological polar surface area (TPSA) is 182 Å². The number of nitrogens with zero attached hydrogens (tertiary/aromatic N) is 3. The highest BCUT2D eigenvalue weighted by Crippen LogP contribution is 2.43. The minimum atomic E-state index is -4.46. The van der Waals surface area contributed by atoms with E-state index in [-0.39, 0.29) is 35.2 Å². The number of rotatable bonds is 12. The maximum atomic E-state index is 14.2. The van der Waals surface area contributed by atoms with Gasteiger partial charge in [-0.15, -0.1) is 0 Å². The van der Waals surface area contributed by atoms with Crippen molar-refractivity contribution in [1.82, 2.24) is 9.48 Å². The van der Waals surface area contributed by atoms with Crippen molar-refractivity contribution in [3.8, 4) is 11.5 Å². The summed E-state index contributed by atoms with van der Waals surface area (Å²) < 4.78 is 76.6. The van der Waals surface area contributed by atoms with Gasteiger partial charge in [-0.25, -0.2) is 4.58 Å². The minimum absolute atomic E-state index is 0.0593. The van der Waals surface area contributed by atoms with Crippen LogP contribution in [0.25, 0.3) is 5.57 Å². The predicted molar refractivity (Wildman–Crippen MR) is 224 cm³/mol. The number of aryl methyl sites for hydroxylation is 2. The highest BCUT2D eigenvalue weighted by molar-refractivity contribution is 7.86. The Morgan fingerprint density at radius 2 is 1.55 bits per heavy atom. The van der Waals surface area contributed by atoms with Gasteiger partial charge < -0.3 is 19.6 Å². The fraction of sp³-hybridized carbons (Fsp3) is 0.267. The molecule has 3 N–H and O–H groups in total. The number of carbonyl (C=O) groups is 2. The normalized spacial score (nSPS) is 14.7. The Morgan fingerprint density at radius 3 is 2.30 bits per heavy atom. The van der Waals surface area contributed by atoms with Crippen LogP contribution in [0.3, 0.4) is 0 Å². The molecule has 8 rings (SSSR count). The summed E-state index contributed by atoms with van der Waals surface area (Å²) in [5.41, 5.74) is 7.04. The van der Waals surface area contributed by atoms with E-state index < -0.39 is 26.2 Å². The molecule has 0 saturated carbocycles. The molecule has 0 saturated heterocycles. The lowest BCUT2D eigenvalue weighted by atomic mass is 9.86. The second-order valence-corrected chi connectivity index (χ2v) is 18.3. The highest BCUT2D eigenvalue weighted by Gasteiger charge is 2.31. The summed E-state index contributed by atoms with van der Waals surface area (Å²) in [5.74, 6) is -0.0556. The van der Waals surface area contributed by atoms with Crippen molar-refractivity contribution in [3.05, 3.63) is 147 Å². The Morgan fingerprint density at radius 1 is 0.817 bits per heavy atom. The Bertz CT molecular complexity index is 2910. The van der Waals surface area contributed by atoms with Crippen molar-refractivity contribution < 1.29 is 45.4 Å². The van der Waals surface area contributed by atoms with Crippen LogP contribution in [0.2, 0.25) is 0 Å². The summed E-state index contributed by atoms with van der Waals surface area (Å²) in [6.45, 7) is 2.34. The number of carbonyl (C=O) groups excluding carboxylic acids is 1. The molecule has 0 aromatic heterocycles. The van der Waals surface area contributed by atoms with E-state index in [1.807, 2.05) is 30.3 Å². The van der Waals surface area contributed by atoms with Crippen LogP contribution >= 0.6 is 0 Å². The van der Waals surface area contributed by atoms with Crippen LogP contribution in [0.15, 0.2) is 107 Å². The monoisotopic (exact) mass is 850 g/mol. The van der Waals surface area contributed by atoms with Gasteiger partial charge in [-0.05, 0) is 78.8 Å². The smallest absolute Gasteiger partial charge is 0.303 e. The first-order valence-corrected chi connectivity index (χ1v) is 22.6. The molecule has 0 fully saturated rings. The molecule has 0 spiro atoms. The third-order valence-electron chi connectivity index (χ3n) is 11.4. The summed E-state index contributed by atoms with van der Waals surface area (Å²) in [7, 11) is -7.13. The SMILES string of the molecule is CN(CCCC(=O)O)C(=O)c1ccccc1C1=c2cc3c(cc2Oc2cc4c(cc21)CCCN4Cc1ccccc1S(=O)(=O)O)=[N+](Cc1ccc(S(=O)(=O)O)cc1)CCC3. The van der Waals surface area contributed by atoms with Crippen molar-refractivity contribution in [2.45, 2.75) is 61.4 Å². The van der Waals surface area contributed by atoms with Gasteiger partial charge in [0, 0.05) is 84.3 Å². The number of amides is 1. The van der Waals surface area contributed by atoms with Crippen LogP contribution in [-0.4, -0.2) is 74.5 Å². The zero-order chi connectivity index (χ0) is 42.3. The van der Waals surface area contributed by atoms with E-state index in [0.717, 1.165) is 76.3 Å². The highest BCUT2D eigenvalue weighted by atomic mass is 32.2. The van der Waals surface area contributed by atoms with E-state index in [9.17, 15) is 40.6 Å². The van der Waals surface area contributed by atoms with E-state index in [2.05, 4.69) is 21.6 Å². The maximum absolute atomic E-state index is 14.2. The van der Waals surface area contributed by atoms with Gasteiger partial charge in [0.15, 0.2) is 6.54 Å². The predicted octanol–water partition coefficient (Wildman–Crippen LogP) is 5.06. The standard InChI is InChI=1S/C45H43N3O10S2/c1-46(20-8-15-43(49)50)45(51)35-13-4-3-12-34(35)44-36-23-30-10-6-21-47(27-29-16-18-33(19-17-29)59(52,53)54)38(30)25-40(36)58-41-26-39-31(24-37(41)44)11-7-22-48(39)28-32-9-2-5-14-42(32)60(55,56)57/h2-5,9,12-14,16-19,23-26H,6-8,10-11,15,20-22,27-28H2,1H3,(H2-,49,50,52,53,54,55,56,57)/p+1. The number of ether oxygens (including phenoxy) is 1. The Kier molecular flexibility index (Phi) is 11.1. The zero-order valence-electron chi connectivity index (χ0n) is 32.9. The van der Waals surface area contributed by atoms with Crippen LogP contribution in [0, 0.1) is 0 Å². The van der Waals surface area contributed by atoms with Crippen LogP contribution in [-0.2, 0) is 51.0 Å². The van der Waals surface area contributed by atoms with Crippen LogP contribution in [0.1, 0.15) is 69.4 Å². The minimum Gasteiger partial charge on any atom is -0.481 e. The van der Waals surface area contributed by atoms with Crippen LogP contribution in [0.4, 0.5) is 5.69 Å². The quantitative estimate of drug-likeness (QED) is 0.111. The Balaban J connectivity index is 1.29. The molecule has 60 heavy (non-hydrogen) atoms. The molecule has 3 aliphatic rings. The molecule has 0 atom stereocenters. The maximum Gasteiger partial charge on any atom is 0.303 e. The lowest BCUT2D eigenvalue weighted by Crippen LogP contribution is -2.39. The Hall–Kier alpha value is -5.87. The van der Waals surface area contributed by atoms with Gasteiger partial charge in [0.25, 0.3) is 26.1 Å². The molecule has 13 nitrogen and oxygen atoms in total. The molecule has 310 valence electrons. The van der Waals surface area contributed by atoms with Crippen molar-refractivity contribution >= 4 is 43.4 Å². The number of carboxylic acid groups (broad SMARTS) is 1. The molecular weight excluding hydrogens is 807 g/mol. The molecule has 0 aliphatic carbocycles. The molecule has 0 unspecified atom stereocenters. The summed E-state index contributed by atoms with van der Waals surface area (Å²) in [4.78, 5) is 28.8. The number of benzene rings is 5. The number of anilines is 1. The Labute approximate surface area is 348 Å². The summed E-state index contributed by atoms with van der Waals surface area (Å²) in [6, 6.07) is 28.2. The van der Waals surface area contributed by atoms with Gasteiger partial charge in [0.2, 0.25) is 5.36 Å². The van der Waals surface area contributed by atoms with Crippen LogP contribution < -0.4 is 24.8 Å². The molecule has 5 aromatic carbocycles. The van der Waals surface area contributed by atoms with Gasteiger partial charge in [0.1, 0.15) is 18.0 Å². The fourth-order valence-electron chi connectivity index (χ4n) is 8.56. The first kappa shape index (κ1) is 40.9. The van der Waals surface area contributed by atoms with Gasteiger partial charge >= 0.3 is 5.97 Å². The third kappa shape index (κ3) is 8.30. The zero-order valence-corrected chi connectivity index (χ0v) is 34.5. The van der Waals surface area contributed by atoms with E-state index in [1.165, 1.54) is 18.2 Å². The summed E-state index contributed by atoms with van der Waals surface area (Å²) >= 11 is 0. The number of aliphatic carboxylic acids is 1. The molecule has 5 aromatic rings. The third-order valence-corrected chi connectivity index (χ3v) is 13.2. The van der Waals surface area contributed by atoms with E-state index in [4.69, 9.17) is 4.74 Å². The number of fused-ring (bicyclic) bond motifs is 4. The number of hydrogen-bond acceptors (Lipinski definition) is 8. The average Bonchev–Trinajstić information content (AvgIpc) is 3.21. The first-order valence-electron chi connectivity index (χ1n) is 19.7. The largest absolute Gasteiger partial charge is 0.481 e. The van der Waals surface area contributed by atoms with Gasteiger partial charge in [0.05, 0.1) is 15.9 Å². The summed E-state index contributed by atoms with van der Waals surface area (Å²) in [5, 5.41) is 11.0. The second kappa shape index (κ2) is 16.3. The molecule has 0 bridgehead atoms.